The number of likely N-dealkylation sites (tertiary alicyclic amines) is 2. The molecule has 2 fully saturated rings. The van der Waals surface area contributed by atoms with E-state index in [0.717, 1.165) is 58.3 Å². The molecule has 2 aromatic carbocycles. The number of piperidine rings is 1. The Morgan fingerprint density at radius 3 is 2.24 bits per heavy atom. The second-order valence-corrected chi connectivity index (χ2v) is 11.1. The van der Waals surface area contributed by atoms with Crippen LogP contribution < -0.4 is 9.47 Å². The van der Waals surface area contributed by atoms with Gasteiger partial charge in [-0.2, -0.15) is 0 Å². The van der Waals surface area contributed by atoms with Crippen molar-refractivity contribution < 1.29 is 19.1 Å². The van der Waals surface area contributed by atoms with Crippen LogP contribution >= 0.6 is 11.6 Å². The first-order valence-corrected chi connectivity index (χ1v) is 13.5. The Morgan fingerprint density at radius 1 is 0.973 bits per heavy atom. The molecule has 1 aliphatic carbocycles. The van der Waals surface area contributed by atoms with Gasteiger partial charge in [0.2, 0.25) is 11.8 Å². The van der Waals surface area contributed by atoms with Gasteiger partial charge in [-0.1, -0.05) is 35.9 Å². The van der Waals surface area contributed by atoms with Gasteiger partial charge in [-0.25, -0.2) is 0 Å². The van der Waals surface area contributed by atoms with Crippen LogP contribution in [-0.4, -0.2) is 62.0 Å². The standard InChI is InChI=1S/C30H35ClN2O4/c1-36-25-9-7-22(28(31)29(25)37-2)8-10-26(34)33-16-13-30(20-33)11-14-32(15-12-30)27(35)19-21-17-23-5-3-4-6-24(23)18-21/h3-10,21H,11-20H2,1-2H3. The van der Waals surface area contributed by atoms with Crippen LogP contribution in [0.4, 0.5) is 0 Å². The highest BCUT2D eigenvalue weighted by Gasteiger charge is 2.42. The molecule has 1 spiro atoms. The van der Waals surface area contributed by atoms with E-state index in [4.69, 9.17) is 21.1 Å². The first kappa shape index (κ1) is 25.7. The number of ether oxygens (including phenoxy) is 2. The fourth-order valence-electron chi connectivity index (χ4n) is 6.23. The van der Waals surface area contributed by atoms with Crippen molar-refractivity contribution in [3.63, 3.8) is 0 Å². The summed E-state index contributed by atoms with van der Waals surface area (Å²) in [5.74, 6) is 1.70. The molecule has 2 aromatic rings. The van der Waals surface area contributed by atoms with Gasteiger partial charge >= 0.3 is 0 Å². The van der Waals surface area contributed by atoms with Gasteiger partial charge in [-0.15, -0.1) is 0 Å². The van der Waals surface area contributed by atoms with E-state index >= 15 is 0 Å². The third-order valence-electron chi connectivity index (χ3n) is 8.45. The van der Waals surface area contributed by atoms with Crippen LogP contribution in [0.2, 0.25) is 5.02 Å². The van der Waals surface area contributed by atoms with Gasteiger partial charge < -0.3 is 19.3 Å². The summed E-state index contributed by atoms with van der Waals surface area (Å²) in [6.07, 6.45) is 8.89. The van der Waals surface area contributed by atoms with E-state index in [2.05, 4.69) is 29.2 Å². The number of halogens is 1. The molecule has 6 nitrogen and oxygen atoms in total. The van der Waals surface area contributed by atoms with E-state index < -0.39 is 0 Å². The Balaban J connectivity index is 1.12. The second kappa shape index (κ2) is 10.8. The molecule has 2 amide bonds. The molecule has 0 aromatic heterocycles. The molecule has 3 aliphatic rings. The molecule has 0 N–H and O–H groups in total. The Bertz CT molecular complexity index is 1180. The highest BCUT2D eigenvalue weighted by atomic mass is 35.5. The highest BCUT2D eigenvalue weighted by molar-refractivity contribution is 6.33. The molecule has 2 heterocycles. The largest absolute Gasteiger partial charge is 0.493 e. The van der Waals surface area contributed by atoms with Crippen molar-refractivity contribution in [2.45, 2.75) is 38.5 Å². The van der Waals surface area contributed by atoms with E-state index in [9.17, 15) is 9.59 Å². The van der Waals surface area contributed by atoms with Crippen LogP contribution in [0.5, 0.6) is 11.5 Å². The predicted molar refractivity (Wildman–Crippen MR) is 145 cm³/mol. The number of amides is 2. The number of nitrogens with zero attached hydrogens (tertiary/aromatic N) is 2. The zero-order valence-corrected chi connectivity index (χ0v) is 22.4. The topological polar surface area (TPSA) is 59.1 Å². The smallest absolute Gasteiger partial charge is 0.246 e. The summed E-state index contributed by atoms with van der Waals surface area (Å²) in [7, 11) is 3.10. The molecule has 196 valence electrons. The first-order chi connectivity index (χ1) is 17.9. The normalized spacial score (nSPS) is 19.0. The third kappa shape index (κ3) is 5.35. The molecular formula is C30H35ClN2O4. The minimum atomic E-state index is -0.0120. The fourth-order valence-corrected chi connectivity index (χ4v) is 6.53. The molecular weight excluding hydrogens is 488 g/mol. The van der Waals surface area contributed by atoms with E-state index in [1.165, 1.54) is 11.1 Å². The summed E-state index contributed by atoms with van der Waals surface area (Å²) < 4.78 is 10.6. The second-order valence-electron chi connectivity index (χ2n) is 10.7. The van der Waals surface area contributed by atoms with E-state index in [1.54, 1.807) is 32.4 Å². The number of rotatable bonds is 6. The fraction of sp³-hybridized carbons (Fsp3) is 0.467. The maximum absolute atomic E-state index is 13.0. The molecule has 5 rings (SSSR count). The van der Waals surface area contributed by atoms with Crippen LogP contribution in [0.15, 0.2) is 42.5 Å². The van der Waals surface area contributed by atoms with Crippen LogP contribution in [0.1, 0.15) is 42.4 Å². The van der Waals surface area contributed by atoms with E-state index in [1.807, 2.05) is 11.0 Å². The van der Waals surface area contributed by atoms with Crippen LogP contribution in [0.25, 0.3) is 6.08 Å². The number of hydrogen-bond donors (Lipinski definition) is 0. The molecule has 2 aliphatic heterocycles. The predicted octanol–water partition coefficient (Wildman–Crippen LogP) is 5.02. The molecule has 37 heavy (non-hydrogen) atoms. The zero-order chi connectivity index (χ0) is 26.0. The zero-order valence-electron chi connectivity index (χ0n) is 21.7. The van der Waals surface area contributed by atoms with Gasteiger partial charge in [0.15, 0.2) is 11.5 Å². The lowest BCUT2D eigenvalue weighted by Crippen LogP contribution is -2.45. The van der Waals surface area contributed by atoms with Gasteiger partial charge in [0.1, 0.15) is 0 Å². The average molecular weight is 523 g/mol. The van der Waals surface area contributed by atoms with Crippen molar-refractivity contribution in [3.05, 3.63) is 64.2 Å². The van der Waals surface area contributed by atoms with Gasteiger partial charge in [-0.05, 0) is 78.3 Å². The van der Waals surface area contributed by atoms with Crippen molar-refractivity contribution >= 4 is 29.5 Å². The van der Waals surface area contributed by atoms with Crippen molar-refractivity contribution in [2.24, 2.45) is 11.3 Å². The molecule has 0 unspecified atom stereocenters. The highest BCUT2D eigenvalue weighted by Crippen LogP contribution is 2.41. The van der Waals surface area contributed by atoms with Gasteiger partial charge in [0.25, 0.3) is 0 Å². The minimum absolute atomic E-state index is 0.0120. The number of carbonyl (C=O) groups is 2. The summed E-state index contributed by atoms with van der Waals surface area (Å²) in [6.45, 7) is 3.07. The quantitative estimate of drug-likeness (QED) is 0.500. The molecule has 0 bridgehead atoms. The van der Waals surface area contributed by atoms with Crippen molar-refractivity contribution in [3.8, 4) is 11.5 Å². The molecule has 0 atom stereocenters. The lowest BCUT2D eigenvalue weighted by molar-refractivity contribution is -0.135. The Hall–Kier alpha value is -2.99. The number of benzene rings is 2. The minimum Gasteiger partial charge on any atom is -0.493 e. The van der Waals surface area contributed by atoms with Crippen molar-refractivity contribution in [2.75, 3.05) is 40.4 Å². The summed E-state index contributed by atoms with van der Waals surface area (Å²) in [5.41, 5.74) is 3.62. The molecule has 0 saturated carbocycles. The summed E-state index contributed by atoms with van der Waals surface area (Å²) in [4.78, 5) is 30.0. The van der Waals surface area contributed by atoms with Crippen LogP contribution in [-0.2, 0) is 22.4 Å². The summed E-state index contributed by atoms with van der Waals surface area (Å²) in [5, 5.41) is 0.419. The average Bonchev–Trinajstić information content (AvgIpc) is 3.51. The number of carbonyl (C=O) groups excluding carboxylic acids is 2. The summed E-state index contributed by atoms with van der Waals surface area (Å²) >= 11 is 6.46. The van der Waals surface area contributed by atoms with Crippen molar-refractivity contribution in [1.82, 2.24) is 9.80 Å². The number of methoxy groups -OCH3 is 2. The molecule has 0 radical (unpaired) electrons. The summed E-state index contributed by atoms with van der Waals surface area (Å²) in [6, 6.07) is 12.1. The van der Waals surface area contributed by atoms with E-state index in [0.29, 0.717) is 34.4 Å². The SMILES string of the molecule is COc1ccc(C=CC(=O)N2CCC3(CCN(C(=O)CC4Cc5ccccc5C4)CC3)C2)c(Cl)c1OC. The maximum Gasteiger partial charge on any atom is 0.246 e. The van der Waals surface area contributed by atoms with Gasteiger partial charge in [-0.3, -0.25) is 9.59 Å². The number of fused-ring (bicyclic) bond motifs is 1. The molecule has 2 saturated heterocycles. The third-order valence-corrected chi connectivity index (χ3v) is 8.84. The van der Waals surface area contributed by atoms with Crippen molar-refractivity contribution in [1.29, 1.82) is 0 Å². The lowest BCUT2D eigenvalue weighted by atomic mass is 9.77. The Labute approximate surface area is 224 Å². The number of hydrogen-bond acceptors (Lipinski definition) is 4. The monoisotopic (exact) mass is 522 g/mol. The van der Waals surface area contributed by atoms with Crippen LogP contribution in [0, 0.1) is 11.3 Å². The van der Waals surface area contributed by atoms with Gasteiger partial charge in [0, 0.05) is 38.7 Å². The van der Waals surface area contributed by atoms with Gasteiger partial charge in [0.05, 0.1) is 19.2 Å². The van der Waals surface area contributed by atoms with E-state index in [-0.39, 0.29) is 17.2 Å². The Morgan fingerprint density at radius 2 is 1.62 bits per heavy atom. The maximum atomic E-state index is 13.0. The Kier molecular flexibility index (Phi) is 7.47. The molecule has 7 heteroatoms. The lowest BCUT2D eigenvalue weighted by Gasteiger charge is -2.39. The first-order valence-electron chi connectivity index (χ1n) is 13.1. The van der Waals surface area contributed by atoms with Crippen LogP contribution in [0.3, 0.4) is 0 Å².